The van der Waals surface area contributed by atoms with Crippen LogP contribution in [0.1, 0.15) is 25.7 Å². The number of carbonyl (C=O) groups excluding carboxylic acids is 1. The molecule has 1 amide bonds. The highest BCUT2D eigenvalue weighted by Gasteiger charge is 2.35. The fourth-order valence-electron chi connectivity index (χ4n) is 3.08. The molecule has 1 fully saturated rings. The molecule has 3 rings (SSSR count). The number of nitrogens with two attached hydrogens (primary N) is 1. The van der Waals surface area contributed by atoms with Crippen LogP contribution in [0.3, 0.4) is 0 Å². The van der Waals surface area contributed by atoms with E-state index in [-0.39, 0.29) is 29.6 Å². The molecule has 0 bridgehead atoms. The zero-order valence-electron chi connectivity index (χ0n) is 12.7. The van der Waals surface area contributed by atoms with Crippen LogP contribution in [0.15, 0.2) is 28.3 Å². The smallest absolute Gasteiger partial charge is 0.256 e. The van der Waals surface area contributed by atoms with E-state index in [0.29, 0.717) is 24.5 Å². The molecule has 7 nitrogen and oxygen atoms in total. The number of carbonyl (C=O) groups is 1. The van der Waals surface area contributed by atoms with Crippen LogP contribution in [-0.2, 0) is 14.8 Å². The van der Waals surface area contributed by atoms with Gasteiger partial charge < -0.3 is 16.0 Å². The van der Waals surface area contributed by atoms with Crippen LogP contribution in [0, 0.1) is 0 Å². The molecule has 3 N–H and O–H groups in total. The molecular weight excluding hydrogens is 340 g/mol. The van der Waals surface area contributed by atoms with Crippen molar-refractivity contribution in [3.8, 4) is 0 Å². The first kappa shape index (κ1) is 18.0. The Balaban J connectivity index is 0.00000192. The van der Waals surface area contributed by atoms with Crippen molar-refractivity contribution < 1.29 is 13.2 Å². The molecule has 1 aliphatic carbocycles. The molecule has 0 saturated heterocycles. The average molecular weight is 361 g/mol. The molecule has 23 heavy (non-hydrogen) atoms. The van der Waals surface area contributed by atoms with E-state index in [1.54, 1.807) is 23.3 Å². The number of hydrogen-bond acceptors (Lipinski definition) is 5. The molecule has 2 heterocycles. The summed E-state index contributed by atoms with van der Waals surface area (Å²) in [5.74, 6) is 0.149. The molecule has 0 aromatic carbocycles. The largest absolute Gasteiger partial charge is 0.345 e. The lowest BCUT2D eigenvalue weighted by Crippen LogP contribution is -2.52. The van der Waals surface area contributed by atoms with Crippen molar-refractivity contribution in [1.82, 2.24) is 10.2 Å². The van der Waals surface area contributed by atoms with Crippen LogP contribution in [-0.4, -0.2) is 49.4 Å². The number of halogens is 1. The lowest BCUT2D eigenvalue weighted by atomic mass is 9.97. The molecule has 0 aromatic rings. The number of rotatable bonds is 3. The van der Waals surface area contributed by atoms with Gasteiger partial charge in [-0.1, -0.05) is 12.8 Å². The van der Waals surface area contributed by atoms with Gasteiger partial charge in [0.2, 0.25) is 0 Å². The minimum absolute atomic E-state index is 0. The summed E-state index contributed by atoms with van der Waals surface area (Å²) in [6, 6.07) is 0. The SMILES string of the molecule is Cl.NCC1(NC(=O)C2=CN3CCS(=O)(=O)N=C3C=C2)CCCC1. The van der Waals surface area contributed by atoms with Crippen molar-refractivity contribution in [2.24, 2.45) is 10.1 Å². The van der Waals surface area contributed by atoms with Crippen molar-refractivity contribution in [3.63, 3.8) is 0 Å². The summed E-state index contributed by atoms with van der Waals surface area (Å²) in [5, 5.41) is 3.06. The maximum Gasteiger partial charge on any atom is 0.256 e. The Morgan fingerprint density at radius 2 is 2.04 bits per heavy atom. The van der Waals surface area contributed by atoms with Crippen molar-refractivity contribution in [3.05, 3.63) is 23.9 Å². The molecule has 0 unspecified atom stereocenters. The molecule has 3 aliphatic rings. The molecule has 2 aliphatic heterocycles. The van der Waals surface area contributed by atoms with Gasteiger partial charge in [0, 0.05) is 19.3 Å². The van der Waals surface area contributed by atoms with Crippen molar-refractivity contribution in [2.75, 3.05) is 18.8 Å². The van der Waals surface area contributed by atoms with Gasteiger partial charge in [0.05, 0.1) is 16.9 Å². The highest BCUT2D eigenvalue weighted by Crippen LogP contribution is 2.29. The van der Waals surface area contributed by atoms with E-state index < -0.39 is 10.0 Å². The van der Waals surface area contributed by atoms with E-state index in [2.05, 4.69) is 9.71 Å². The minimum atomic E-state index is -3.37. The Morgan fingerprint density at radius 3 is 2.70 bits per heavy atom. The lowest BCUT2D eigenvalue weighted by Gasteiger charge is -2.31. The van der Waals surface area contributed by atoms with Crippen LogP contribution in [0.5, 0.6) is 0 Å². The monoisotopic (exact) mass is 360 g/mol. The number of amidine groups is 1. The Hall–Kier alpha value is -1.38. The first-order valence-corrected chi connectivity index (χ1v) is 9.06. The maximum absolute atomic E-state index is 12.4. The van der Waals surface area contributed by atoms with E-state index in [9.17, 15) is 13.2 Å². The molecule has 0 atom stereocenters. The van der Waals surface area contributed by atoms with Crippen LogP contribution in [0.4, 0.5) is 0 Å². The van der Waals surface area contributed by atoms with Gasteiger partial charge in [-0.3, -0.25) is 4.79 Å². The standard InChI is InChI=1S/C14H20N4O3S.ClH/c15-10-14(5-1-2-6-14)16-13(19)11-3-4-12-17-22(20,21)8-7-18(12)9-11;/h3-4,9H,1-2,5-8,10,15H2,(H,16,19);1H. The number of nitrogens with zero attached hydrogens (tertiary/aromatic N) is 2. The topological polar surface area (TPSA) is 105 Å². The summed E-state index contributed by atoms with van der Waals surface area (Å²) in [7, 11) is -3.37. The summed E-state index contributed by atoms with van der Waals surface area (Å²) in [4.78, 5) is 14.1. The molecule has 0 radical (unpaired) electrons. The Kier molecular flexibility index (Phi) is 5.17. The molecule has 128 valence electrons. The Bertz CT molecular complexity index is 678. The molecule has 0 spiro atoms. The van der Waals surface area contributed by atoms with E-state index in [1.165, 1.54) is 0 Å². The van der Waals surface area contributed by atoms with Crippen LogP contribution >= 0.6 is 12.4 Å². The predicted molar refractivity (Wildman–Crippen MR) is 90.8 cm³/mol. The predicted octanol–water partition coefficient (Wildman–Crippen LogP) is 0.294. The van der Waals surface area contributed by atoms with Crippen molar-refractivity contribution >= 4 is 34.2 Å². The minimum Gasteiger partial charge on any atom is -0.345 e. The highest BCUT2D eigenvalue weighted by atomic mass is 35.5. The summed E-state index contributed by atoms with van der Waals surface area (Å²) in [6.07, 6.45) is 8.78. The van der Waals surface area contributed by atoms with Gasteiger partial charge in [0.15, 0.2) is 0 Å². The fourth-order valence-corrected chi connectivity index (χ4v) is 4.05. The Labute approximate surface area is 142 Å². The maximum atomic E-state index is 12.4. The number of hydrogen-bond donors (Lipinski definition) is 2. The summed E-state index contributed by atoms with van der Waals surface area (Å²) in [6.45, 7) is 0.745. The summed E-state index contributed by atoms with van der Waals surface area (Å²) in [5.41, 5.74) is 6.03. The normalized spacial score (nSPS) is 24.1. The second-order valence-corrected chi connectivity index (χ2v) is 7.75. The van der Waals surface area contributed by atoms with Crippen LogP contribution in [0.25, 0.3) is 0 Å². The van der Waals surface area contributed by atoms with E-state index in [0.717, 1.165) is 25.7 Å². The Morgan fingerprint density at radius 1 is 1.35 bits per heavy atom. The summed E-state index contributed by atoms with van der Waals surface area (Å²) >= 11 is 0. The van der Waals surface area contributed by atoms with Gasteiger partial charge in [-0.25, -0.2) is 8.42 Å². The average Bonchev–Trinajstić information content (AvgIpc) is 2.95. The van der Waals surface area contributed by atoms with Gasteiger partial charge in [0.25, 0.3) is 15.9 Å². The van der Waals surface area contributed by atoms with Crippen molar-refractivity contribution in [1.29, 1.82) is 0 Å². The number of nitrogens with one attached hydrogen (secondary N) is 1. The van der Waals surface area contributed by atoms with E-state index in [4.69, 9.17) is 5.73 Å². The second kappa shape index (κ2) is 6.62. The molecule has 1 saturated carbocycles. The zero-order valence-corrected chi connectivity index (χ0v) is 14.3. The van der Waals surface area contributed by atoms with Crippen LogP contribution < -0.4 is 11.1 Å². The molecular formula is C14H21ClN4O3S. The third kappa shape index (κ3) is 3.76. The van der Waals surface area contributed by atoms with E-state index in [1.807, 2.05) is 0 Å². The first-order valence-electron chi connectivity index (χ1n) is 7.45. The van der Waals surface area contributed by atoms with Crippen molar-refractivity contribution in [2.45, 2.75) is 31.2 Å². The van der Waals surface area contributed by atoms with Crippen LogP contribution in [0.2, 0.25) is 0 Å². The van der Waals surface area contributed by atoms with Gasteiger partial charge >= 0.3 is 0 Å². The number of amides is 1. The third-order valence-corrected chi connectivity index (χ3v) is 5.58. The molecule has 0 aromatic heterocycles. The third-order valence-electron chi connectivity index (χ3n) is 4.42. The summed E-state index contributed by atoms with van der Waals surface area (Å²) < 4.78 is 26.6. The van der Waals surface area contributed by atoms with Gasteiger partial charge in [-0.2, -0.15) is 0 Å². The fraction of sp³-hybridized carbons (Fsp3) is 0.571. The first-order chi connectivity index (χ1) is 10.4. The lowest BCUT2D eigenvalue weighted by molar-refractivity contribution is -0.119. The van der Waals surface area contributed by atoms with Gasteiger partial charge in [0.1, 0.15) is 5.84 Å². The van der Waals surface area contributed by atoms with Gasteiger partial charge in [-0.15, -0.1) is 16.8 Å². The number of sulfonamides is 1. The van der Waals surface area contributed by atoms with E-state index >= 15 is 0 Å². The number of fused-ring (bicyclic) bond motifs is 1. The van der Waals surface area contributed by atoms with Gasteiger partial charge in [-0.05, 0) is 25.0 Å². The highest BCUT2D eigenvalue weighted by molar-refractivity contribution is 7.90. The second-order valence-electron chi connectivity index (χ2n) is 5.99. The zero-order chi connectivity index (χ0) is 15.8. The molecule has 9 heteroatoms. The quantitative estimate of drug-likeness (QED) is 0.752.